The van der Waals surface area contributed by atoms with Crippen LogP contribution in [-0.4, -0.2) is 59.1 Å². The molecule has 1 atom stereocenters. The van der Waals surface area contributed by atoms with Crippen molar-refractivity contribution in [2.75, 3.05) is 50.1 Å². The van der Waals surface area contributed by atoms with Gasteiger partial charge in [0.15, 0.2) is 0 Å². The number of nitrogens with one attached hydrogen (secondary N) is 2. The summed E-state index contributed by atoms with van der Waals surface area (Å²) in [5.41, 5.74) is 2.24. The van der Waals surface area contributed by atoms with Crippen molar-refractivity contribution in [3.8, 4) is 5.75 Å². The lowest BCUT2D eigenvalue weighted by atomic mass is 10.1. The summed E-state index contributed by atoms with van der Waals surface area (Å²) in [5, 5.41) is 2.84. The summed E-state index contributed by atoms with van der Waals surface area (Å²) in [5.74, 6) is 0.0623. The summed E-state index contributed by atoms with van der Waals surface area (Å²) in [7, 11) is -2.42. The minimum atomic E-state index is -3.92. The van der Waals surface area contributed by atoms with Crippen molar-refractivity contribution in [3.63, 3.8) is 0 Å². The van der Waals surface area contributed by atoms with Crippen LogP contribution in [0.25, 0.3) is 0 Å². The molecule has 0 spiro atoms. The molecule has 4 rings (SSSR count). The topological polar surface area (TPSA) is 91.0 Å². The summed E-state index contributed by atoms with van der Waals surface area (Å²) in [4.78, 5) is 17.6. The highest BCUT2D eigenvalue weighted by Gasteiger charge is 2.27. The van der Waals surface area contributed by atoms with Crippen LogP contribution in [-0.2, 0) is 10.0 Å². The van der Waals surface area contributed by atoms with Crippen molar-refractivity contribution in [2.45, 2.75) is 24.8 Å². The number of piperazine rings is 1. The standard InChI is InChI=1S/C28H34N4O4S/c1-4-31-16-18-32(19-17-31)25-15-14-23(29-28(33)24-12-8-9-13-26(24)36-3)20-27(25)37(34,35)30-21(2)22-10-6-5-7-11-22/h5-15,20-21,30H,4,16-19H2,1-3H3,(H,29,33). The van der Waals surface area contributed by atoms with E-state index in [9.17, 15) is 13.2 Å². The second-order valence-electron chi connectivity index (χ2n) is 9.01. The van der Waals surface area contributed by atoms with E-state index in [2.05, 4.69) is 26.8 Å². The van der Waals surface area contributed by atoms with Crippen molar-refractivity contribution in [1.82, 2.24) is 9.62 Å². The van der Waals surface area contributed by atoms with Gasteiger partial charge in [0.2, 0.25) is 10.0 Å². The number of benzene rings is 3. The molecular weight excluding hydrogens is 488 g/mol. The molecule has 1 heterocycles. The van der Waals surface area contributed by atoms with Gasteiger partial charge in [0.25, 0.3) is 5.91 Å². The third-order valence-electron chi connectivity index (χ3n) is 6.65. The number of anilines is 2. The van der Waals surface area contributed by atoms with Gasteiger partial charge in [-0.15, -0.1) is 0 Å². The zero-order chi connectivity index (χ0) is 26.4. The molecule has 0 radical (unpaired) electrons. The molecule has 3 aromatic carbocycles. The Hall–Kier alpha value is -3.40. The molecule has 0 aliphatic carbocycles. The molecule has 196 valence electrons. The van der Waals surface area contributed by atoms with E-state index in [1.165, 1.54) is 13.2 Å². The van der Waals surface area contributed by atoms with Crippen LogP contribution in [0.2, 0.25) is 0 Å². The van der Waals surface area contributed by atoms with Gasteiger partial charge < -0.3 is 19.9 Å². The fourth-order valence-corrected chi connectivity index (χ4v) is 5.99. The van der Waals surface area contributed by atoms with Gasteiger partial charge in [-0.1, -0.05) is 49.4 Å². The van der Waals surface area contributed by atoms with Crippen molar-refractivity contribution in [1.29, 1.82) is 0 Å². The second kappa shape index (κ2) is 11.8. The van der Waals surface area contributed by atoms with E-state index >= 15 is 0 Å². The number of methoxy groups -OCH3 is 1. The van der Waals surface area contributed by atoms with Crippen LogP contribution in [0, 0.1) is 0 Å². The number of hydrogen-bond donors (Lipinski definition) is 2. The average Bonchev–Trinajstić information content (AvgIpc) is 2.93. The number of likely N-dealkylation sites (N-methyl/N-ethyl adjacent to an activating group) is 1. The molecule has 1 fully saturated rings. The zero-order valence-corrected chi connectivity index (χ0v) is 22.3. The Morgan fingerprint density at radius 3 is 2.32 bits per heavy atom. The molecule has 1 aliphatic heterocycles. The normalized spacial score (nSPS) is 15.3. The first-order valence-corrected chi connectivity index (χ1v) is 13.9. The lowest BCUT2D eigenvalue weighted by Gasteiger charge is -2.36. The first kappa shape index (κ1) is 26.7. The van der Waals surface area contributed by atoms with Crippen LogP contribution in [0.15, 0.2) is 77.7 Å². The third kappa shape index (κ3) is 6.30. The molecule has 1 amide bonds. The SMILES string of the molecule is CCN1CCN(c2ccc(NC(=O)c3ccccc3OC)cc2S(=O)(=O)NC(C)c2ccccc2)CC1. The number of nitrogens with zero attached hydrogens (tertiary/aromatic N) is 2. The van der Waals surface area contributed by atoms with Gasteiger partial charge in [0.1, 0.15) is 10.6 Å². The maximum Gasteiger partial charge on any atom is 0.259 e. The number of sulfonamides is 1. The largest absolute Gasteiger partial charge is 0.496 e. The molecule has 37 heavy (non-hydrogen) atoms. The van der Waals surface area contributed by atoms with Crippen LogP contribution in [0.4, 0.5) is 11.4 Å². The average molecular weight is 523 g/mol. The molecular formula is C28H34N4O4S. The van der Waals surface area contributed by atoms with Gasteiger partial charge >= 0.3 is 0 Å². The van der Waals surface area contributed by atoms with Crippen LogP contribution in [0.3, 0.4) is 0 Å². The van der Waals surface area contributed by atoms with Gasteiger partial charge in [0.05, 0.1) is 18.4 Å². The van der Waals surface area contributed by atoms with Gasteiger partial charge in [-0.3, -0.25) is 4.79 Å². The highest BCUT2D eigenvalue weighted by molar-refractivity contribution is 7.89. The smallest absolute Gasteiger partial charge is 0.259 e. The van der Waals surface area contributed by atoms with E-state index in [1.807, 2.05) is 37.3 Å². The first-order valence-electron chi connectivity index (χ1n) is 12.5. The van der Waals surface area contributed by atoms with Gasteiger partial charge in [-0.25, -0.2) is 13.1 Å². The summed E-state index contributed by atoms with van der Waals surface area (Å²) >= 11 is 0. The number of carbonyl (C=O) groups is 1. The van der Waals surface area contributed by atoms with E-state index in [0.717, 1.165) is 38.3 Å². The number of amides is 1. The van der Waals surface area contributed by atoms with Crippen LogP contribution in [0.1, 0.15) is 35.8 Å². The van der Waals surface area contributed by atoms with E-state index < -0.39 is 16.1 Å². The molecule has 8 nitrogen and oxygen atoms in total. The highest BCUT2D eigenvalue weighted by Crippen LogP contribution is 2.31. The summed E-state index contributed by atoms with van der Waals surface area (Å²) in [6, 6.07) is 21.0. The van der Waals surface area contributed by atoms with Crippen molar-refractivity contribution < 1.29 is 17.9 Å². The maximum absolute atomic E-state index is 13.7. The maximum atomic E-state index is 13.7. The molecule has 1 unspecified atom stereocenters. The van der Waals surface area contributed by atoms with E-state index in [4.69, 9.17) is 4.74 Å². The highest BCUT2D eigenvalue weighted by atomic mass is 32.2. The van der Waals surface area contributed by atoms with E-state index in [0.29, 0.717) is 22.7 Å². The number of para-hydroxylation sites is 1. The second-order valence-corrected chi connectivity index (χ2v) is 10.7. The van der Waals surface area contributed by atoms with Crippen LogP contribution < -0.4 is 19.7 Å². The quantitative estimate of drug-likeness (QED) is 0.439. The molecule has 9 heteroatoms. The number of rotatable bonds is 9. The van der Waals surface area contributed by atoms with Gasteiger partial charge in [-0.05, 0) is 49.4 Å². The fraction of sp³-hybridized carbons (Fsp3) is 0.321. The fourth-order valence-electron chi connectivity index (χ4n) is 4.51. The zero-order valence-electron chi connectivity index (χ0n) is 21.5. The van der Waals surface area contributed by atoms with Crippen LogP contribution >= 0.6 is 0 Å². The summed E-state index contributed by atoms with van der Waals surface area (Å²) in [6.45, 7) is 8.06. The Balaban J connectivity index is 1.67. The lowest BCUT2D eigenvalue weighted by Crippen LogP contribution is -2.46. The minimum Gasteiger partial charge on any atom is -0.496 e. The predicted molar refractivity (Wildman–Crippen MR) is 147 cm³/mol. The number of ether oxygens (including phenoxy) is 1. The van der Waals surface area contributed by atoms with Crippen molar-refractivity contribution in [2.24, 2.45) is 0 Å². The molecule has 2 N–H and O–H groups in total. The molecule has 1 aliphatic rings. The summed E-state index contributed by atoms with van der Waals surface area (Å²) < 4.78 is 35.6. The molecule has 0 bridgehead atoms. The Labute approximate surface area is 219 Å². The Morgan fingerprint density at radius 1 is 0.973 bits per heavy atom. The van der Waals surface area contributed by atoms with Gasteiger partial charge in [-0.2, -0.15) is 0 Å². The lowest BCUT2D eigenvalue weighted by molar-refractivity contribution is 0.102. The van der Waals surface area contributed by atoms with Crippen LogP contribution in [0.5, 0.6) is 5.75 Å². The number of hydrogen-bond acceptors (Lipinski definition) is 6. The summed E-state index contributed by atoms with van der Waals surface area (Å²) in [6.07, 6.45) is 0. The number of carbonyl (C=O) groups excluding carboxylic acids is 1. The van der Waals surface area contributed by atoms with Crippen molar-refractivity contribution in [3.05, 3.63) is 83.9 Å². The van der Waals surface area contributed by atoms with E-state index in [-0.39, 0.29) is 10.8 Å². The Kier molecular flexibility index (Phi) is 8.48. The monoisotopic (exact) mass is 522 g/mol. The van der Waals surface area contributed by atoms with E-state index in [1.54, 1.807) is 36.4 Å². The van der Waals surface area contributed by atoms with Crippen molar-refractivity contribution >= 4 is 27.3 Å². The molecule has 0 aromatic heterocycles. The van der Waals surface area contributed by atoms with Gasteiger partial charge in [0, 0.05) is 37.9 Å². The first-order chi connectivity index (χ1) is 17.8. The minimum absolute atomic E-state index is 0.137. The molecule has 0 saturated carbocycles. The molecule has 3 aromatic rings. The predicted octanol–water partition coefficient (Wildman–Crippen LogP) is 4.13. The Bertz CT molecular complexity index is 1320. The molecule has 1 saturated heterocycles. The third-order valence-corrected chi connectivity index (χ3v) is 8.22. The Morgan fingerprint density at radius 2 is 1.65 bits per heavy atom.